The van der Waals surface area contributed by atoms with Crippen LogP contribution < -0.4 is 10.1 Å². The van der Waals surface area contributed by atoms with Gasteiger partial charge in [-0.25, -0.2) is 0 Å². The molecule has 0 aliphatic rings. The Morgan fingerprint density at radius 2 is 2.00 bits per heavy atom. The third-order valence-corrected chi connectivity index (χ3v) is 2.82. The molecule has 0 aliphatic heterocycles. The highest BCUT2D eigenvalue weighted by Gasteiger charge is 2.04. The molecule has 0 bridgehead atoms. The van der Waals surface area contributed by atoms with Crippen LogP contribution in [-0.4, -0.2) is 43.3 Å². The van der Waals surface area contributed by atoms with Crippen LogP contribution in [0.4, 0.5) is 5.69 Å². The second-order valence-electron chi connectivity index (χ2n) is 3.84. The van der Waals surface area contributed by atoms with Gasteiger partial charge in [0, 0.05) is 19.2 Å². The Kier molecular flexibility index (Phi) is 5.63. The van der Waals surface area contributed by atoms with Crippen LogP contribution in [0.2, 0.25) is 0 Å². The Hall–Kier alpha value is -1.42. The lowest BCUT2D eigenvalue weighted by molar-refractivity contribution is 0.315. The molecule has 0 atom stereocenters. The Balaban J connectivity index is 2.53. The lowest BCUT2D eigenvalue weighted by Gasteiger charge is -2.19. The van der Waals surface area contributed by atoms with Crippen LogP contribution in [0.3, 0.4) is 0 Å². The van der Waals surface area contributed by atoms with Gasteiger partial charge in [0.15, 0.2) is 0 Å². The Morgan fingerprint density at radius 1 is 1.29 bits per heavy atom. The van der Waals surface area contributed by atoms with E-state index in [1.165, 1.54) is 0 Å². The quantitative estimate of drug-likeness (QED) is 0.764. The molecular weight excluding hydrogens is 216 g/mol. The molecule has 4 nitrogen and oxygen atoms in total. The predicted molar refractivity (Wildman–Crippen MR) is 70.9 cm³/mol. The number of anilines is 1. The fraction of sp³-hybridized carbons (Fsp3) is 0.538. The van der Waals surface area contributed by atoms with Crippen molar-refractivity contribution in [3.63, 3.8) is 0 Å². The number of hydrogen-bond donors (Lipinski definition) is 2. The first-order chi connectivity index (χ1) is 8.21. The lowest BCUT2D eigenvalue weighted by atomic mass is 10.2. The number of methoxy groups -OCH3 is 1. The normalized spacial score (nSPS) is 10.6. The topological polar surface area (TPSA) is 44.7 Å². The summed E-state index contributed by atoms with van der Waals surface area (Å²) < 4.78 is 5.22. The van der Waals surface area contributed by atoms with Crippen LogP contribution in [0.15, 0.2) is 18.2 Å². The molecule has 1 rings (SSSR count). The van der Waals surface area contributed by atoms with Crippen LogP contribution in [0.5, 0.6) is 11.5 Å². The van der Waals surface area contributed by atoms with Gasteiger partial charge in [-0.2, -0.15) is 0 Å². The van der Waals surface area contributed by atoms with Crippen LogP contribution in [0, 0.1) is 0 Å². The number of nitrogens with one attached hydrogen (secondary N) is 1. The maximum Gasteiger partial charge on any atom is 0.142 e. The van der Waals surface area contributed by atoms with Crippen LogP contribution >= 0.6 is 0 Å². The van der Waals surface area contributed by atoms with Crippen LogP contribution in [0.25, 0.3) is 0 Å². The summed E-state index contributed by atoms with van der Waals surface area (Å²) in [6.45, 7) is 8.22. The third-order valence-electron chi connectivity index (χ3n) is 2.82. The molecule has 0 spiro atoms. The van der Waals surface area contributed by atoms with Crippen molar-refractivity contribution in [3.8, 4) is 11.5 Å². The van der Waals surface area contributed by atoms with Crippen LogP contribution in [-0.2, 0) is 0 Å². The molecule has 0 amide bonds. The van der Waals surface area contributed by atoms with Gasteiger partial charge in [-0.05, 0) is 25.2 Å². The molecule has 0 aromatic heterocycles. The summed E-state index contributed by atoms with van der Waals surface area (Å²) in [5, 5.41) is 12.7. The number of likely N-dealkylation sites (N-methyl/N-ethyl adjacent to an activating group) is 1. The summed E-state index contributed by atoms with van der Waals surface area (Å²) in [5.74, 6) is 0.999. The zero-order valence-corrected chi connectivity index (χ0v) is 10.9. The molecule has 1 aromatic rings. The van der Waals surface area contributed by atoms with Gasteiger partial charge in [0.2, 0.25) is 0 Å². The summed E-state index contributed by atoms with van der Waals surface area (Å²) in [4.78, 5) is 2.34. The lowest BCUT2D eigenvalue weighted by Crippen LogP contribution is -2.28. The zero-order chi connectivity index (χ0) is 12.7. The van der Waals surface area contributed by atoms with Crippen molar-refractivity contribution >= 4 is 5.69 Å². The van der Waals surface area contributed by atoms with E-state index in [0.29, 0.717) is 0 Å². The Labute approximate surface area is 103 Å². The van der Waals surface area contributed by atoms with E-state index in [2.05, 4.69) is 24.1 Å². The fourth-order valence-corrected chi connectivity index (χ4v) is 1.72. The third kappa shape index (κ3) is 4.15. The fourth-order valence-electron chi connectivity index (χ4n) is 1.72. The van der Waals surface area contributed by atoms with E-state index >= 15 is 0 Å². The van der Waals surface area contributed by atoms with Crippen molar-refractivity contribution in [2.45, 2.75) is 13.8 Å². The number of nitrogens with zero attached hydrogens (tertiary/aromatic N) is 1. The minimum absolute atomic E-state index is 0.246. The number of aromatic hydroxyl groups is 1. The number of hydrogen-bond acceptors (Lipinski definition) is 4. The van der Waals surface area contributed by atoms with E-state index in [1.54, 1.807) is 25.3 Å². The second kappa shape index (κ2) is 7.01. The van der Waals surface area contributed by atoms with Crippen molar-refractivity contribution in [3.05, 3.63) is 18.2 Å². The van der Waals surface area contributed by atoms with Crippen molar-refractivity contribution in [1.29, 1.82) is 0 Å². The van der Waals surface area contributed by atoms with Crippen LogP contribution in [0.1, 0.15) is 13.8 Å². The summed E-state index contributed by atoms with van der Waals surface area (Å²) in [7, 11) is 1.63. The second-order valence-corrected chi connectivity index (χ2v) is 3.84. The first-order valence-corrected chi connectivity index (χ1v) is 6.04. The van der Waals surface area contributed by atoms with E-state index in [1.807, 2.05) is 0 Å². The molecule has 96 valence electrons. The van der Waals surface area contributed by atoms with E-state index in [9.17, 15) is 5.11 Å². The first kappa shape index (κ1) is 13.6. The summed E-state index contributed by atoms with van der Waals surface area (Å²) in [6.07, 6.45) is 0. The minimum atomic E-state index is 0.246. The number of phenolic OH excluding ortho intramolecular Hbond substituents is 1. The molecule has 17 heavy (non-hydrogen) atoms. The average molecular weight is 238 g/mol. The van der Waals surface area contributed by atoms with E-state index in [-0.39, 0.29) is 5.75 Å². The van der Waals surface area contributed by atoms with Gasteiger partial charge in [0.05, 0.1) is 12.8 Å². The smallest absolute Gasteiger partial charge is 0.142 e. The predicted octanol–water partition coefficient (Wildman–Crippen LogP) is 2.15. The summed E-state index contributed by atoms with van der Waals surface area (Å²) in [6, 6.07) is 5.06. The minimum Gasteiger partial charge on any atom is -0.508 e. The molecule has 4 heteroatoms. The van der Waals surface area contributed by atoms with Gasteiger partial charge in [-0.3, -0.25) is 0 Å². The molecule has 0 unspecified atom stereocenters. The highest BCUT2D eigenvalue weighted by Crippen LogP contribution is 2.27. The maximum absolute atomic E-state index is 9.43. The molecule has 2 N–H and O–H groups in total. The van der Waals surface area contributed by atoms with Gasteiger partial charge in [0.25, 0.3) is 0 Å². The molecule has 0 aliphatic carbocycles. The number of benzene rings is 1. The molecule has 0 saturated carbocycles. The molecular formula is C13H22N2O2. The Morgan fingerprint density at radius 3 is 2.59 bits per heavy atom. The number of phenols is 1. The molecule has 0 heterocycles. The SMILES string of the molecule is CCN(CC)CCNc1cc(O)ccc1OC. The summed E-state index contributed by atoms with van der Waals surface area (Å²) in [5.41, 5.74) is 0.833. The summed E-state index contributed by atoms with van der Waals surface area (Å²) >= 11 is 0. The van der Waals surface area contributed by atoms with Crippen molar-refractivity contribution < 1.29 is 9.84 Å². The van der Waals surface area contributed by atoms with Gasteiger partial charge in [0.1, 0.15) is 11.5 Å². The van der Waals surface area contributed by atoms with Crippen molar-refractivity contribution in [1.82, 2.24) is 4.90 Å². The van der Waals surface area contributed by atoms with E-state index in [0.717, 1.165) is 37.6 Å². The highest BCUT2D eigenvalue weighted by molar-refractivity contribution is 5.59. The highest BCUT2D eigenvalue weighted by atomic mass is 16.5. The van der Waals surface area contributed by atoms with E-state index in [4.69, 9.17) is 4.74 Å². The average Bonchev–Trinajstić information content (AvgIpc) is 2.35. The standard InChI is InChI=1S/C13H22N2O2/c1-4-15(5-2)9-8-14-12-10-11(16)6-7-13(12)17-3/h6-7,10,14,16H,4-5,8-9H2,1-3H3. The molecule has 0 fully saturated rings. The van der Waals surface area contributed by atoms with Gasteiger partial charge >= 0.3 is 0 Å². The Bertz CT molecular complexity index is 338. The van der Waals surface area contributed by atoms with Gasteiger partial charge < -0.3 is 20.1 Å². The first-order valence-electron chi connectivity index (χ1n) is 6.04. The van der Waals surface area contributed by atoms with Gasteiger partial charge in [-0.1, -0.05) is 13.8 Å². The zero-order valence-electron chi connectivity index (χ0n) is 10.9. The monoisotopic (exact) mass is 238 g/mol. The van der Waals surface area contributed by atoms with Crippen molar-refractivity contribution in [2.75, 3.05) is 38.6 Å². The van der Waals surface area contributed by atoms with Crippen molar-refractivity contribution in [2.24, 2.45) is 0 Å². The van der Waals surface area contributed by atoms with Gasteiger partial charge in [-0.15, -0.1) is 0 Å². The maximum atomic E-state index is 9.43. The number of ether oxygens (including phenoxy) is 1. The molecule has 0 radical (unpaired) electrons. The van der Waals surface area contributed by atoms with E-state index < -0.39 is 0 Å². The number of rotatable bonds is 7. The largest absolute Gasteiger partial charge is 0.508 e. The molecule has 0 saturated heterocycles. The molecule has 1 aromatic carbocycles.